The first-order valence-electron chi connectivity index (χ1n) is 12.1. The SMILES string of the molecule is CCOc1cc(C=C2SC(=O)N(CC(=O)N3CCCCCC3)C2=O)cc(Cl)c1OCc1ccccc1. The third-order valence-electron chi connectivity index (χ3n) is 5.98. The summed E-state index contributed by atoms with van der Waals surface area (Å²) in [7, 11) is 0. The Hall–Kier alpha value is -2.97. The number of ether oxygens (including phenoxy) is 2. The molecular formula is C27H29ClN2O5S. The van der Waals surface area contributed by atoms with Crippen molar-refractivity contribution in [3.05, 3.63) is 63.5 Å². The largest absolute Gasteiger partial charge is 0.490 e. The van der Waals surface area contributed by atoms with E-state index < -0.39 is 11.1 Å². The van der Waals surface area contributed by atoms with Crippen molar-refractivity contribution in [2.24, 2.45) is 0 Å². The molecule has 0 aromatic heterocycles. The Labute approximate surface area is 220 Å². The molecule has 7 nitrogen and oxygen atoms in total. The monoisotopic (exact) mass is 528 g/mol. The van der Waals surface area contributed by atoms with Gasteiger partial charge in [-0.2, -0.15) is 0 Å². The highest BCUT2D eigenvalue weighted by molar-refractivity contribution is 8.18. The van der Waals surface area contributed by atoms with Crippen molar-refractivity contribution in [2.75, 3.05) is 26.2 Å². The molecule has 2 heterocycles. The summed E-state index contributed by atoms with van der Waals surface area (Å²) < 4.78 is 11.7. The van der Waals surface area contributed by atoms with Gasteiger partial charge >= 0.3 is 0 Å². The van der Waals surface area contributed by atoms with E-state index in [0.29, 0.717) is 48.4 Å². The van der Waals surface area contributed by atoms with Crippen molar-refractivity contribution in [3.63, 3.8) is 0 Å². The van der Waals surface area contributed by atoms with Crippen molar-refractivity contribution in [1.29, 1.82) is 0 Å². The minimum Gasteiger partial charge on any atom is -0.490 e. The van der Waals surface area contributed by atoms with Crippen molar-refractivity contribution < 1.29 is 23.9 Å². The van der Waals surface area contributed by atoms with E-state index in [9.17, 15) is 14.4 Å². The maximum atomic E-state index is 13.0. The number of benzene rings is 2. The third kappa shape index (κ3) is 6.42. The zero-order valence-electron chi connectivity index (χ0n) is 20.2. The number of imide groups is 1. The fourth-order valence-electron chi connectivity index (χ4n) is 4.15. The standard InChI is InChI=1S/C27H29ClN2O5S/c1-2-34-22-15-20(14-21(28)25(22)35-18-19-10-6-5-7-11-19)16-23-26(32)30(27(33)36-23)17-24(31)29-12-8-3-4-9-13-29/h5-7,10-11,14-16H,2-4,8-9,12-13,17-18H2,1H3. The minimum absolute atomic E-state index is 0.193. The molecule has 0 unspecified atom stereocenters. The number of carbonyl (C=O) groups is 3. The number of thioether (sulfide) groups is 1. The molecule has 2 aromatic rings. The minimum atomic E-state index is -0.480. The number of rotatable bonds is 8. The lowest BCUT2D eigenvalue weighted by Crippen LogP contribution is -2.42. The second-order valence-corrected chi connectivity index (χ2v) is 10.0. The molecule has 190 valence electrons. The molecule has 0 N–H and O–H groups in total. The molecule has 3 amide bonds. The van der Waals surface area contributed by atoms with Gasteiger partial charge in [0.25, 0.3) is 11.1 Å². The summed E-state index contributed by atoms with van der Waals surface area (Å²) in [6.45, 7) is 3.68. The van der Waals surface area contributed by atoms with E-state index in [1.807, 2.05) is 37.3 Å². The summed E-state index contributed by atoms with van der Waals surface area (Å²) in [5.74, 6) is 0.187. The van der Waals surface area contributed by atoms with E-state index in [0.717, 1.165) is 47.9 Å². The zero-order chi connectivity index (χ0) is 25.5. The Kier molecular flexibility index (Phi) is 8.93. The summed E-state index contributed by atoms with van der Waals surface area (Å²) in [5, 5.41) is -0.118. The first kappa shape index (κ1) is 26.1. The van der Waals surface area contributed by atoms with Gasteiger partial charge in [-0.15, -0.1) is 0 Å². The summed E-state index contributed by atoms with van der Waals surface area (Å²) in [6, 6.07) is 13.1. The van der Waals surface area contributed by atoms with Gasteiger partial charge in [-0.1, -0.05) is 54.8 Å². The predicted molar refractivity (Wildman–Crippen MR) is 141 cm³/mol. The molecule has 0 aliphatic carbocycles. The van der Waals surface area contributed by atoms with Crippen molar-refractivity contribution in [3.8, 4) is 11.5 Å². The summed E-state index contributed by atoms with van der Waals surface area (Å²) in [6.07, 6.45) is 5.67. The maximum absolute atomic E-state index is 13.0. The molecule has 0 spiro atoms. The molecule has 9 heteroatoms. The van der Waals surface area contributed by atoms with Crippen LogP contribution in [0.3, 0.4) is 0 Å². The van der Waals surface area contributed by atoms with Crippen LogP contribution in [0.15, 0.2) is 47.4 Å². The second kappa shape index (κ2) is 12.3. The van der Waals surface area contributed by atoms with Gasteiger partial charge in [0.2, 0.25) is 5.91 Å². The van der Waals surface area contributed by atoms with E-state index >= 15 is 0 Å². The van der Waals surface area contributed by atoms with Crippen LogP contribution in [0.25, 0.3) is 6.08 Å². The van der Waals surface area contributed by atoms with Crippen molar-refractivity contribution in [2.45, 2.75) is 39.2 Å². The van der Waals surface area contributed by atoms with Crippen LogP contribution in [0.1, 0.15) is 43.7 Å². The normalized spacial score (nSPS) is 17.4. The molecule has 0 saturated carbocycles. The van der Waals surface area contributed by atoms with Gasteiger partial charge in [0.15, 0.2) is 11.5 Å². The van der Waals surface area contributed by atoms with Gasteiger partial charge in [-0.3, -0.25) is 19.3 Å². The molecule has 2 aromatic carbocycles. The van der Waals surface area contributed by atoms with E-state index in [2.05, 4.69) is 0 Å². The lowest BCUT2D eigenvalue weighted by atomic mass is 10.1. The van der Waals surface area contributed by atoms with Gasteiger partial charge < -0.3 is 14.4 Å². The van der Waals surface area contributed by atoms with Gasteiger partial charge in [0.1, 0.15) is 13.2 Å². The Balaban J connectivity index is 1.49. The smallest absolute Gasteiger partial charge is 0.294 e. The number of hydrogen-bond acceptors (Lipinski definition) is 6. The van der Waals surface area contributed by atoms with E-state index in [-0.39, 0.29) is 17.4 Å². The Morgan fingerprint density at radius 2 is 1.78 bits per heavy atom. The van der Waals surface area contributed by atoms with Crippen LogP contribution in [0.2, 0.25) is 5.02 Å². The third-order valence-corrected chi connectivity index (χ3v) is 7.17. The van der Waals surface area contributed by atoms with Crippen molar-refractivity contribution >= 4 is 46.5 Å². The van der Waals surface area contributed by atoms with Gasteiger partial charge in [-0.25, -0.2) is 0 Å². The fourth-order valence-corrected chi connectivity index (χ4v) is 5.26. The van der Waals surface area contributed by atoms with Crippen LogP contribution in [-0.4, -0.2) is 53.1 Å². The van der Waals surface area contributed by atoms with E-state index in [1.165, 1.54) is 0 Å². The average Bonchev–Trinajstić information content (AvgIpc) is 3.05. The molecule has 0 bridgehead atoms. The van der Waals surface area contributed by atoms with E-state index in [1.54, 1.807) is 23.1 Å². The Morgan fingerprint density at radius 3 is 2.47 bits per heavy atom. The van der Waals surface area contributed by atoms with Crippen LogP contribution in [0.4, 0.5) is 4.79 Å². The summed E-state index contributed by atoms with van der Waals surface area (Å²) in [5.41, 5.74) is 1.59. The van der Waals surface area contributed by atoms with Crippen LogP contribution in [0, 0.1) is 0 Å². The lowest BCUT2D eigenvalue weighted by Gasteiger charge is -2.22. The highest BCUT2D eigenvalue weighted by atomic mass is 35.5. The molecule has 2 fully saturated rings. The molecule has 2 aliphatic heterocycles. The highest BCUT2D eigenvalue weighted by Crippen LogP contribution is 2.39. The number of amides is 3. The van der Waals surface area contributed by atoms with Crippen molar-refractivity contribution in [1.82, 2.24) is 9.80 Å². The predicted octanol–water partition coefficient (Wildman–Crippen LogP) is 5.76. The summed E-state index contributed by atoms with van der Waals surface area (Å²) >= 11 is 7.35. The molecular weight excluding hydrogens is 500 g/mol. The topological polar surface area (TPSA) is 76.2 Å². The average molecular weight is 529 g/mol. The number of hydrogen-bond donors (Lipinski definition) is 0. The molecule has 2 saturated heterocycles. The molecule has 2 aliphatic rings. The van der Waals surface area contributed by atoms with Gasteiger partial charge in [-0.05, 0) is 60.9 Å². The first-order valence-corrected chi connectivity index (χ1v) is 13.3. The number of nitrogens with zero attached hydrogens (tertiary/aromatic N) is 2. The summed E-state index contributed by atoms with van der Waals surface area (Å²) in [4.78, 5) is 41.3. The maximum Gasteiger partial charge on any atom is 0.294 e. The van der Waals surface area contributed by atoms with Crippen LogP contribution >= 0.6 is 23.4 Å². The van der Waals surface area contributed by atoms with Crippen LogP contribution in [-0.2, 0) is 16.2 Å². The molecule has 0 atom stereocenters. The quantitative estimate of drug-likeness (QED) is 0.406. The Bertz CT molecular complexity index is 1150. The Morgan fingerprint density at radius 1 is 1.06 bits per heavy atom. The molecule has 0 radical (unpaired) electrons. The van der Waals surface area contributed by atoms with Crippen LogP contribution < -0.4 is 9.47 Å². The van der Waals surface area contributed by atoms with Gasteiger partial charge in [0.05, 0.1) is 16.5 Å². The van der Waals surface area contributed by atoms with E-state index in [4.69, 9.17) is 21.1 Å². The zero-order valence-corrected chi connectivity index (χ0v) is 21.8. The van der Waals surface area contributed by atoms with Crippen LogP contribution in [0.5, 0.6) is 11.5 Å². The first-order chi connectivity index (χ1) is 17.5. The number of halogens is 1. The fraction of sp³-hybridized carbons (Fsp3) is 0.370. The molecule has 36 heavy (non-hydrogen) atoms. The second-order valence-electron chi connectivity index (χ2n) is 8.60. The number of carbonyl (C=O) groups excluding carboxylic acids is 3. The van der Waals surface area contributed by atoms with Gasteiger partial charge in [0, 0.05) is 13.1 Å². The molecule has 4 rings (SSSR count). The number of likely N-dealkylation sites (tertiary alicyclic amines) is 1. The highest BCUT2D eigenvalue weighted by Gasteiger charge is 2.37. The lowest BCUT2D eigenvalue weighted by molar-refractivity contribution is -0.135.